The number of carboxylic acid groups (broad SMARTS) is 1. The lowest BCUT2D eigenvalue weighted by atomic mass is 9.82. The Kier molecular flexibility index (Phi) is 3.04. The van der Waals surface area contributed by atoms with Crippen LogP contribution in [0, 0.1) is 29.5 Å². The Bertz CT molecular complexity index is 599. The van der Waals surface area contributed by atoms with Crippen LogP contribution in [0.15, 0.2) is 36.4 Å². The Labute approximate surface area is 115 Å². The smallest absolute Gasteiger partial charge is 0.307 e. The molecule has 20 heavy (non-hydrogen) atoms. The molecule has 1 fully saturated rings. The van der Waals surface area contributed by atoms with Crippen molar-refractivity contribution in [3.63, 3.8) is 0 Å². The SMILES string of the molecule is O=C(O)[C@H]1[C@H](C(=O)Nc2cccc(F)c2)[C@H]2C=C[C@H]1C2. The van der Waals surface area contributed by atoms with Crippen molar-refractivity contribution < 1.29 is 19.1 Å². The fourth-order valence-corrected chi connectivity index (χ4v) is 3.31. The molecule has 0 spiro atoms. The molecule has 2 aliphatic carbocycles. The molecular formula is C15H14FNO3. The molecule has 3 rings (SSSR count). The van der Waals surface area contributed by atoms with Gasteiger partial charge in [0.05, 0.1) is 11.8 Å². The molecule has 5 heteroatoms. The quantitative estimate of drug-likeness (QED) is 0.832. The van der Waals surface area contributed by atoms with Gasteiger partial charge >= 0.3 is 5.97 Å². The van der Waals surface area contributed by atoms with Crippen LogP contribution in [-0.4, -0.2) is 17.0 Å². The number of carbonyl (C=O) groups excluding carboxylic acids is 1. The second-order valence-electron chi connectivity index (χ2n) is 5.34. The van der Waals surface area contributed by atoms with Gasteiger partial charge in [-0.25, -0.2) is 4.39 Å². The first-order valence-corrected chi connectivity index (χ1v) is 6.54. The summed E-state index contributed by atoms with van der Waals surface area (Å²) in [6.07, 6.45) is 4.51. The van der Waals surface area contributed by atoms with Crippen LogP contribution in [0.2, 0.25) is 0 Å². The molecule has 4 atom stereocenters. The van der Waals surface area contributed by atoms with Gasteiger partial charge in [0.2, 0.25) is 5.91 Å². The number of hydrogen-bond donors (Lipinski definition) is 2. The second-order valence-corrected chi connectivity index (χ2v) is 5.34. The van der Waals surface area contributed by atoms with Gasteiger partial charge in [-0.3, -0.25) is 9.59 Å². The van der Waals surface area contributed by atoms with Crippen LogP contribution >= 0.6 is 0 Å². The van der Waals surface area contributed by atoms with Crippen LogP contribution in [0.5, 0.6) is 0 Å². The lowest BCUT2D eigenvalue weighted by molar-refractivity contribution is -0.146. The van der Waals surface area contributed by atoms with Crippen LogP contribution in [0.1, 0.15) is 6.42 Å². The molecule has 1 aromatic carbocycles. The highest BCUT2D eigenvalue weighted by molar-refractivity contribution is 5.96. The lowest BCUT2D eigenvalue weighted by Crippen LogP contribution is -2.36. The van der Waals surface area contributed by atoms with Crippen molar-refractivity contribution in [2.45, 2.75) is 6.42 Å². The van der Waals surface area contributed by atoms with Crippen molar-refractivity contribution in [3.8, 4) is 0 Å². The number of carboxylic acids is 1. The van der Waals surface area contributed by atoms with E-state index in [0.717, 1.165) is 0 Å². The summed E-state index contributed by atoms with van der Waals surface area (Å²) < 4.78 is 13.1. The van der Waals surface area contributed by atoms with E-state index in [1.165, 1.54) is 18.2 Å². The third kappa shape index (κ3) is 2.09. The fourth-order valence-electron chi connectivity index (χ4n) is 3.31. The van der Waals surface area contributed by atoms with Gasteiger partial charge in [-0.2, -0.15) is 0 Å². The molecule has 0 saturated heterocycles. The van der Waals surface area contributed by atoms with Crippen LogP contribution in [0.25, 0.3) is 0 Å². The molecule has 0 radical (unpaired) electrons. The van der Waals surface area contributed by atoms with Crippen LogP contribution in [-0.2, 0) is 9.59 Å². The fraction of sp³-hybridized carbons (Fsp3) is 0.333. The summed E-state index contributed by atoms with van der Waals surface area (Å²) in [5, 5.41) is 11.9. The highest BCUT2D eigenvalue weighted by Crippen LogP contribution is 2.48. The van der Waals surface area contributed by atoms with E-state index in [1.54, 1.807) is 6.07 Å². The van der Waals surface area contributed by atoms with Gasteiger partial charge in [-0.05, 0) is 36.5 Å². The zero-order chi connectivity index (χ0) is 14.3. The first-order chi connectivity index (χ1) is 9.56. The molecule has 2 aliphatic rings. The van der Waals surface area contributed by atoms with Crippen LogP contribution in [0.4, 0.5) is 10.1 Å². The summed E-state index contributed by atoms with van der Waals surface area (Å²) in [7, 11) is 0. The number of benzene rings is 1. The zero-order valence-electron chi connectivity index (χ0n) is 10.6. The average Bonchev–Trinajstić information content (AvgIpc) is 2.98. The predicted octanol–water partition coefficient (Wildman–Crippen LogP) is 2.29. The summed E-state index contributed by atoms with van der Waals surface area (Å²) in [6.45, 7) is 0. The number of anilines is 1. The highest BCUT2D eigenvalue weighted by Gasteiger charge is 2.51. The van der Waals surface area contributed by atoms with Crippen molar-refractivity contribution in [1.29, 1.82) is 0 Å². The van der Waals surface area contributed by atoms with Crippen molar-refractivity contribution >= 4 is 17.6 Å². The zero-order valence-corrected chi connectivity index (χ0v) is 10.6. The van der Waals surface area contributed by atoms with E-state index in [-0.39, 0.29) is 17.7 Å². The molecule has 0 unspecified atom stereocenters. The topological polar surface area (TPSA) is 66.4 Å². The minimum Gasteiger partial charge on any atom is -0.481 e. The predicted molar refractivity (Wildman–Crippen MR) is 70.4 cm³/mol. The summed E-state index contributed by atoms with van der Waals surface area (Å²) in [5.41, 5.74) is 0.353. The minimum atomic E-state index is -0.943. The molecule has 0 heterocycles. The second kappa shape index (κ2) is 4.74. The Morgan fingerprint density at radius 1 is 1.20 bits per heavy atom. The van der Waals surface area contributed by atoms with Gasteiger partial charge in [0, 0.05) is 5.69 Å². The number of nitrogens with one attached hydrogen (secondary N) is 1. The summed E-state index contributed by atoms with van der Waals surface area (Å²) in [4.78, 5) is 23.6. The van der Waals surface area contributed by atoms with Gasteiger partial charge in [-0.15, -0.1) is 0 Å². The maximum atomic E-state index is 13.1. The van der Waals surface area contributed by atoms with Crippen molar-refractivity contribution in [3.05, 3.63) is 42.2 Å². The number of fused-ring (bicyclic) bond motifs is 2. The number of carbonyl (C=O) groups is 2. The first kappa shape index (κ1) is 12.8. The van der Waals surface area contributed by atoms with Crippen molar-refractivity contribution in [2.24, 2.45) is 23.7 Å². The van der Waals surface area contributed by atoms with E-state index in [2.05, 4.69) is 5.32 Å². The van der Waals surface area contributed by atoms with E-state index >= 15 is 0 Å². The number of hydrogen-bond acceptors (Lipinski definition) is 2. The molecule has 1 saturated carbocycles. The third-order valence-corrected chi connectivity index (χ3v) is 4.14. The molecule has 0 aliphatic heterocycles. The van der Waals surface area contributed by atoms with E-state index < -0.39 is 23.6 Å². The maximum absolute atomic E-state index is 13.1. The molecule has 2 bridgehead atoms. The van der Waals surface area contributed by atoms with Crippen molar-refractivity contribution in [1.82, 2.24) is 0 Å². The number of amides is 1. The van der Waals surface area contributed by atoms with E-state index in [1.807, 2.05) is 12.2 Å². The van der Waals surface area contributed by atoms with Gasteiger partial charge in [-0.1, -0.05) is 18.2 Å². The number of rotatable bonds is 3. The molecule has 1 aromatic rings. The first-order valence-electron chi connectivity index (χ1n) is 6.54. The Hall–Kier alpha value is -2.17. The van der Waals surface area contributed by atoms with E-state index in [0.29, 0.717) is 12.1 Å². The standard InChI is InChI=1S/C15H14FNO3/c16-10-2-1-3-11(7-10)17-14(18)12-8-4-5-9(6-8)13(12)15(19)20/h1-5,7-9,12-13H,6H2,(H,17,18)(H,19,20)/t8-,9-,12+,13+/m0/s1. The van der Waals surface area contributed by atoms with Crippen LogP contribution in [0.3, 0.4) is 0 Å². The largest absolute Gasteiger partial charge is 0.481 e. The van der Waals surface area contributed by atoms with Gasteiger partial charge in [0.15, 0.2) is 0 Å². The monoisotopic (exact) mass is 275 g/mol. The van der Waals surface area contributed by atoms with Crippen LogP contribution < -0.4 is 5.32 Å². The maximum Gasteiger partial charge on any atom is 0.307 e. The third-order valence-electron chi connectivity index (χ3n) is 4.14. The molecular weight excluding hydrogens is 261 g/mol. The summed E-state index contributed by atoms with van der Waals surface area (Å²) >= 11 is 0. The molecule has 4 nitrogen and oxygen atoms in total. The number of aliphatic carboxylic acids is 1. The normalized spacial score (nSPS) is 30.4. The number of allylic oxidation sites excluding steroid dienone is 2. The average molecular weight is 275 g/mol. The Morgan fingerprint density at radius 2 is 1.90 bits per heavy atom. The van der Waals surface area contributed by atoms with Gasteiger partial charge in [0.1, 0.15) is 5.82 Å². The molecule has 2 N–H and O–H groups in total. The molecule has 104 valence electrons. The minimum absolute atomic E-state index is 0.0327. The highest BCUT2D eigenvalue weighted by atomic mass is 19.1. The van der Waals surface area contributed by atoms with E-state index in [9.17, 15) is 19.1 Å². The van der Waals surface area contributed by atoms with E-state index in [4.69, 9.17) is 0 Å². The lowest BCUT2D eigenvalue weighted by Gasteiger charge is -2.23. The Balaban J connectivity index is 1.80. The van der Waals surface area contributed by atoms with Gasteiger partial charge < -0.3 is 10.4 Å². The Morgan fingerprint density at radius 3 is 2.55 bits per heavy atom. The number of halogens is 1. The molecule has 0 aromatic heterocycles. The summed E-state index contributed by atoms with van der Waals surface area (Å²) in [6, 6.07) is 5.59. The molecule has 1 amide bonds. The summed E-state index contributed by atoms with van der Waals surface area (Å²) in [5.74, 6) is -3.09. The van der Waals surface area contributed by atoms with Gasteiger partial charge in [0.25, 0.3) is 0 Å². The van der Waals surface area contributed by atoms with Crippen molar-refractivity contribution in [2.75, 3.05) is 5.32 Å².